The minimum absolute atomic E-state index is 0.302. The lowest BCUT2D eigenvalue weighted by molar-refractivity contribution is 0.419. The van der Waals surface area contributed by atoms with Crippen LogP contribution in [-0.2, 0) is 0 Å². The van der Waals surface area contributed by atoms with E-state index in [4.69, 9.17) is 23.2 Å². The van der Waals surface area contributed by atoms with Crippen molar-refractivity contribution in [3.63, 3.8) is 0 Å². The minimum Gasteiger partial charge on any atom is -0.310 e. The lowest BCUT2D eigenvalue weighted by Crippen LogP contribution is -2.25. The molecule has 1 saturated carbocycles. The summed E-state index contributed by atoms with van der Waals surface area (Å²) in [6.45, 7) is 12.4. The van der Waals surface area contributed by atoms with Crippen LogP contribution >= 0.6 is 34.5 Å². The fraction of sp³-hybridized carbons (Fsp3) is 0.714. The van der Waals surface area contributed by atoms with E-state index in [1.54, 1.807) is 0 Å². The molecule has 0 spiro atoms. The molecule has 0 aromatic carbocycles. The Hall–Kier alpha value is 0.240. The summed E-state index contributed by atoms with van der Waals surface area (Å²) in [6.07, 6.45) is 0. The molecule has 1 unspecified atom stereocenters. The molecular weight excluding hydrogens is 285 g/mol. The van der Waals surface area contributed by atoms with Gasteiger partial charge in [-0.15, -0.1) is 11.3 Å². The topological polar surface area (TPSA) is 12.0 Å². The van der Waals surface area contributed by atoms with Gasteiger partial charge in [-0.1, -0.05) is 57.8 Å². The van der Waals surface area contributed by atoms with E-state index in [9.17, 15) is 0 Å². The van der Waals surface area contributed by atoms with E-state index in [1.165, 1.54) is 11.3 Å². The molecule has 0 radical (unpaired) electrons. The van der Waals surface area contributed by atoms with Crippen molar-refractivity contribution < 1.29 is 0 Å². The van der Waals surface area contributed by atoms with E-state index >= 15 is 0 Å². The highest BCUT2D eigenvalue weighted by Crippen LogP contribution is 2.72. The molecule has 1 atom stereocenters. The summed E-state index contributed by atoms with van der Waals surface area (Å²) in [5, 5.41) is 3.59. The summed E-state index contributed by atoms with van der Waals surface area (Å²) >= 11 is 13.9. The van der Waals surface area contributed by atoms with Crippen LogP contribution in [0.25, 0.3) is 0 Å². The first-order valence-electron chi connectivity index (χ1n) is 6.41. The van der Waals surface area contributed by atoms with Crippen LogP contribution in [0.3, 0.4) is 0 Å². The monoisotopic (exact) mass is 305 g/mol. The molecule has 0 bridgehead atoms. The highest BCUT2D eigenvalue weighted by atomic mass is 35.5. The molecule has 18 heavy (non-hydrogen) atoms. The minimum atomic E-state index is 0.302. The summed E-state index contributed by atoms with van der Waals surface area (Å²) < 4.78 is 1.60. The van der Waals surface area contributed by atoms with Crippen LogP contribution in [0.2, 0.25) is 8.67 Å². The molecule has 1 aromatic rings. The van der Waals surface area contributed by atoms with Crippen molar-refractivity contribution in [2.75, 3.05) is 6.54 Å². The van der Waals surface area contributed by atoms with E-state index in [2.05, 4.69) is 39.9 Å². The molecule has 1 N–H and O–H groups in total. The Labute approximate surface area is 124 Å². The molecule has 102 valence electrons. The summed E-state index contributed by atoms with van der Waals surface area (Å²) in [5.41, 5.74) is 1.83. The van der Waals surface area contributed by atoms with Crippen LogP contribution < -0.4 is 5.32 Å². The number of nitrogens with one attached hydrogen (secondary N) is 1. The predicted octanol–water partition coefficient (Wildman–Crippen LogP) is 5.39. The third-order valence-electron chi connectivity index (χ3n) is 4.91. The lowest BCUT2D eigenvalue weighted by atomic mass is 9.99. The van der Waals surface area contributed by atoms with Crippen molar-refractivity contribution in [3.05, 3.63) is 20.3 Å². The van der Waals surface area contributed by atoms with E-state index in [1.807, 2.05) is 6.07 Å². The van der Waals surface area contributed by atoms with Gasteiger partial charge in [0, 0.05) is 11.6 Å². The Bertz CT molecular complexity index is 437. The summed E-state index contributed by atoms with van der Waals surface area (Å²) in [4.78, 5) is 0. The van der Waals surface area contributed by atoms with Gasteiger partial charge in [0.25, 0.3) is 0 Å². The van der Waals surface area contributed by atoms with Gasteiger partial charge in [0.1, 0.15) is 0 Å². The van der Waals surface area contributed by atoms with E-state index in [0.29, 0.717) is 22.8 Å². The Morgan fingerprint density at radius 3 is 2.17 bits per heavy atom. The molecule has 1 aliphatic rings. The van der Waals surface area contributed by atoms with Crippen LogP contribution in [-0.4, -0.2) is 6.54 Å². The van der Waals surface area contributed by atoms with Crippen LogP contribution in [0.15, 0.2) is 6.07 Å². The third-order valence-corrected chi connectivity index (χ3v) is 6.43. The molecule has 0 saturated heterocycles. The summed E-state index contributed by atoms with van der Waals surface area (Å²) in [5.74, 6) is 0.591. The van der Waals surface area contributed by atoms with Crippen molar-refractivity contribution in [2.45, 2.75) is 40.7 Å². The van der Waals surface area contributed by atoms with Crippen molar-refractivity contribution in [1.82, 2.24) is 5.32 Å². The molecule has 0 aliphatic heterocycles. The van der Waals surface area contributed by atoms with E-state index in [0.717, 1.165) is 20.8 Å². The third kappa shape index (κ3) is 2.11. The van der Waals surface area contributed by atoms with Crippen LogP contribution in [0.1, 0.15) is 46.2 Å². The fourth-order valence-electron chi connectivity index (χ4n) is 3.27. The van der Waals surface area contributed by atoms with Crippen LogP contribution in [0.4, 0.5) is 0 Å². The average molecular weight is 306 g/mol. The maximum atomic E-state index is 6.33. The highest BCUT2D eigenvalue weighted by Gasteiger charge is 2.67. The lowest BCUT2D eigenvalue weighted by Gasteiger charge is -2.20. The molecule has 0 amide bonds. The van der Waals surface area contributed by atoms with Gasteiger partial charge in [0.05, 0.1) is 8.67 Å². The van der Waals surface area contributed by atoms with Crippen molar-refractivity contribution >= 4 is 34.5 Å². The number of rotatable bonds is 4. The second-order valence-corrected chi connectivity index (χ2v) is 8.52. The van der Waals surface area contributed by atoms with Gasteiger partial charge >= 0.3 is 0 Å². The van der Waals surface area contributed by atoms with Crippen LogP contribution in [0, 0.1) is 16.7 Å². The molecule has 1 nitrogen and oxygen atoms in total. The van der Waals surface area contributed by atoms with Gasteiger partial charge in [-0.2, -0.15) is 0 Å². The number of thiophene rings is 1. The summed E-state index contributed by atoms with van der Waals surface area (Å²) in [7, 11) is 0. The quantitative estimate of drug-likeness (QED) is 0.786. The first-order chi connectivity index (χ1) is 8.23. The molecular formula is C14H21Cl2NS. The van der Waals surface area contributed by atoms with Gasteiger partial charge in [0.2, 0.25) is 0 Å². The Balaban J connectivity index is 2.34. The number of hydrogen-bond donors (Lipinski definition) is 1. The average Bonchev–Trinajstić information content (AvgIpc) is 2.53. The van der Waals surface area contributed by atoms with Crippen molar-refractivity contribution in [3.8, 4) is 0 Å². The first-order valence-corrected chi connectivity index (χ1v) is 7.98. The smallest absolute Gasteiger partial charge is 0.0992 e. The predicted molar refractivity (Wildman–Crippen MR) is 81.8 cm³/mol. The standard InChI is InChI=1S/C14H21Cl2NS/c1-6-17-10(8-7-9(15)18-12(8)16)11-13(2,3)14(11,4)5/h7,10-11,17H,6H2,1-5H3. The van der Waals surface area contributed by atoms with E-state index in [-0.39, 0.29) is 0 Å². The zero-order chi connectivity index (χ0) is 13.7. The maximum Gasteiger partial charge on any atom is 0.0992 e. The normalized spacial score (nSPS) is 23.1. The van der Waals surface area contributed by atoms with Crippen molar-refractivity contribution in [2.24, 2.45) is 16.7 Å². The Morgan fingerprint density at radius 2 is 1.83 bits per heavy atom. The van der Waals surface area contributed by atoms with Gasteiger partial charge in [-0.3, -0.25) is 0 Å². The van der Waals surface area contributed by atoms with E-state index < -0.39 is 0 Å². The summed E-state index contributed by atoms with van der Waals surface area (Å²) in [6, 6.07) is 2.32. The number of hydrogen-bond acceptors (Lipinski definition) is 2. The second-order valence-electron chi connectivity index (χ2n) is 6.24. The molecule has 4 heteroatoms. The Morgan fingerprint density at radius 1 is 1.28 bits per heavy atom. The zero-order valence-corrected chi connectivity index (χ0v) is 13.9. The fourth-order valence-corrected chi connectivity index (χ4v) is 4.82. The largest absolute Gasteiger partial charge is 0.310 e. The number of halogens is 2. The van der Waals surface area contributed by atoms with Gasteiger partial charge in [-0.05, 0) is 29.4 Å². The SMILES string of the molecule is CCNC(c1cc(Cl)sc1Cl)C1C(C)(C)C1(C)C. The molecule has 2 rings (SSSR count). The van der Waals surface area contributed by atoms with Crippen molar-refractivity contribution in [1.29, 1.82) is 0 Å². The molecule has 1 heterocycles. The van der Waals surface area contributed by atoms with Gasteiger partial charge in [-0.25, -0.2) is 0 Å². The van der Waals surface area contributed by atoms with Gasteiger partial charge in [0.15, 0.2) is 0 Å². The second kappa shape index (κ2) is 4.66. The maximum absolute atomic E-state index is 6.33. The molecule has 1 aromatic heterocycles. The van der Waals surface area contributed by atoms with Crippen LogP contribution in [0.5, 0.6) is 0 Å². The first kappa shape index (κ1) is 14.6. The van der Waals surface area contributed by atoms with Gasteiger partial charge < -0.3 is 5.32 Å². The molecule has 1 fully saturated rings. The highest BCUT2D eigenvalue weighted by molar-refractivity contribution is 7.20. The molecule has 1 aliphatic carbocycles. The zero-order valence-electron chi connectivity index (χ0n) is 11.6. The Kier molecular flexibility index (Phi) is 3.79.